The van der Waals surface area contributed by atoms with Crippen molar-refractivity contribution in [1.82, 2.24) is 0 Å². The molecule has 0 saturated heterocycles. The first-order valence-corrected chi connectivity index (χ1v) is 10.5. The standard InChI is InChI=1S/C21H17ClFNO4S/c22-16-11-17(23)18(24-19(25)13-5-1-2-6-14(13)20(24)26)10-15(16)21(27)28-8-7-12-4-3-9-29-12/h3-4,9-11H,1-2,5-8H2. The minimum Gasteiger partial charge on any atom is -0.462 e. The summed E-state index contributed by atoms with van der Waals surface area (Å²) in [7, 11) is 0. The third-order valence-electron chi connectivity index (χ3n) is 5.05. The Morgan fingerprint density at radius 2 is 1.86 bits per heavy atom. The zero-order chi connectivity index (χ0) is 20.5. The van der Waals surface area contributed by atoms with Crippen molar-refractivity contribution in [2.75, 3.05) is 11.5 Å². The fourth-order valence-corrected chi connectivity index (χ4v) is 4.52. The molecule has 1 aliphatic carbocycles. The highest BCUT2D eigenvalue weighted by atomic mass is 35.5. The van der Waals surface area contributed by atoms with E-state index in [2.05, 4.69) is 0 Å². The first-order chi connectivity index (χ1) is 14.0. The number of imide groups is 1. The number of hydrogen-bond acceptors (Lipinski definition) is 5. The van der Waals surface area contributed by atoms with Gasteiger partial charge in [-0.1, -0.05) is 17.7 Å². The third kappa shape index (κ3) is 3.72. The van der Waals surface area contributed by atoms with Gasteiger partial charge in [0, 0.05) is 22.4 Å². The topological polar surface area (TPSA) is 63.7 Å². The Morgan fingerprint density at radius 3 is 2.48 bits per heavy atom. The highest BCUT2D eigenvalue weighted by molar-refractivity contribution is 7.09. The van der Waals surface area contributed by atoms with Gasteiger partial charge in [-0.25, -0.2) is 14.1 Å². The predicted octanol–water partition coefficient (Wildman–Crippen LogP) is 4.68. The number of halogens is 2. The van der Waals surface area contributed by atoms with Gasteiger partial charge < -0.3 is 4.74 Å². The average Bonchev–Trinajstić information content (AvgIpc) is 3.30. The zero-order valence-corrected chi connectivity index (χ0v) is 16.9. The second-order valence-corrected chi connectivity index (χ2v) is 8.30. The van der Waals surface area contributed by atoms with E-state index >= 15 is 0 Å². The number of hydrogen-bond donors (Lipinski definition) is 0. The van der Waals surface area contributed by atoms with E-state index in [0.717, 1.165) is 34.8 Å². The molecule has 29 heavy (non-hydrogen) atoms. The lowest BCUT2D eigenvalue weighted by Crippen LogP contribution is -2.32. The molecule has 150 valence electrons. The Hall–Kier alpha value is -2.51. The fourth-order valence-electron chi connectivity index (χ4n) is 3.60. The number of esters is 1. The van der Waals surface area contributed by atoms with E-state index in [9.17, 15) is 18.8 Å². The van der Waals surface area contributed by atoms with E-state index in [1.54, 1.807) is 11.3 Å². The Labute approximate surface area is 175 Å². The molecule has 2 aromatic rings. The summed E-state index contributed by atoms with van der Waals surface area (Å²) >= 11 is 7.59. The number of anilines is 1. The van der Waals surface area contributed by atoms with E-state index in [0.29, 0.717) is 30.4 Å². The molecule has 2 amide bonds. The van der Waals surface area contributed by atoms with Crippen LogP contribution in [-0.2, 0) is 20.7 Å². The van der Waals surface area contributed by atoms with Crippen LogP contribution in [0.25, 0.3) is 0 Å². The van der Waals surface area contributed by atoms with E-state index in [4.69, 9.17) is 16.3 Å². The first kappa shape index (κ1) is 19.8. The summed E-state index contributed by atoms with van der Waals surface area (Å²) in [5.74, 6) is -2.62. The first-order valence-electron chi connectivity index (χ1n) is 9.26. The maximum absolute atomic E-state index is 14.6. The lowest BCUT2D eigenvalue weighted by Gasteiger charge is -2.17. The SMILES string of the molecule is O=C(OCCc1cccs1)c1cc(N2C(=O)C3=C(CCCC3)C2=O)c(F)cc1Cl. The molecule has 0 saturated carbocycles. The number of benzene rings is 1. The molecular weight excluding hydrogens is 417 g/mol. The average molecular weight is 434 g/mol. The zero-order valence-electron chi connectivity index (χ0n) is 15.4. The number of amides is 2. The molecule has 0 N–H and O–H groups in total. The quantitative estimate of drug-likeness (QED) is 0.507. The van der Waals surface area contributed by atoms with Gasteiger partial charge in [0.1, 0.15) is 5.82 Å². The Kier molecular flexibility index (Phi) is 5.52. The molecule has 0 spiro atoms. The smallest absolute Gasteiger partial charge is 0.339 e. The maximum Gasteiger partial charge on any atom is 0.339 e. The molecule has 5 nitrogen and oxygen atoms in total. The van der Waals surface area contributed by atoms with Gasteiger partial charge in [-0.15, -0.1) is 11.3 Å². The van der Waals surface area contributed by atoms with E-state index in [-0.39, 0.29) is 22.9 Å². The van der Waals surface area contributed by atoms with Crippen LogP contribution in [0.4, 0.5) is 10.1 Å². The van der Waals surface area contributed by atoms with Crippen molar-refractivity contribution in [3.8, 4) is 0 Å². The summed E-state index contributed by atoms with van der Waals surface area (Å²) in [6.07, 6.45) is 3.19. The summed E-state index contributed by atoms with van der Waals surface area (Å²) in [5, 5.41) is 1.79. The molecule has 1 aromatic carbocycles. The predicted molar refractivity (Wildman–Crippen MR) is 108 cm³/mol. The summed E-state index contributed by atoms with van der Waals surface area (Å²) in [6.45, 7) is 0.139. The monoisotopic (exact) mass is 433 g/mol. The normalized spacial score (nSPS) is 16.4. The summed E-state index contributed by atoms with van der Waals surface area (Å²) in [5.41, 5.74) is 0.523. The number of thiophene rings is 1. The lowest BCUT2D eigenvalue weighted by molar-refractivity contribution is -0.120. The minimum absolute atomic E-state index is 0.0836. The van der Waals surface area contributed by atoms with Crippen LogP contribution in [-0.4, -0.2) is 24.4 Å². The molecule has 0 unspecified atom stereocenters. The minimum atomic E-state index is -0.841. The number of rotatable bonds is 5. The van der Waals surface area contributed by atoms with Gasteiger partial charge in [0.25, 0.3) is 11.8 Å². The molecule has 0 atom stereocenters. The second kappa shape index (κ2) is 8.08. The molecule has 4 rings (SSSR count). The highest BCUT2D eigenvalue weighted by Gasteiger charge is 2.41. The number of carbonyl (C=O) groups is 3. The van der Waals surface area contributed by atoms with Crippen molar-refractivity contribution >= 4 is 46.4 Å². The summed E-state index contributed by atoms with van der Waals surface area (Å²) in [6, 6.07) is 5.90. The van der Waals surface area contributed by atoms with Crippen LogP contribution in [0.15, 0.2) is 40.8 Å². The van der Waals surface area contributed by atoms with Gasteiger partial charge in [0.05, 0.1) is 22.9 Å². The number of ether oxygens (including phenoxy) is 1. The lowest BCUT2D eigenvalue weighted by atomic mass is 9.93. The van der Waals surface area contributed by atoms with Crippen LogP contribution in [0, 0.1) is 5.82 Å². The Bertz CT molecular complexity index is 1000. The van der Waals surface area contributed by atoms with Crippen molar-refractivity contribution in [3.05, 3.63) is 62.1 Å². The number of nitrogens with zero attached hydrogens (tertiary/aromatic N) is 1. The van der Waals surface area contributed by atoms with Crippen molar-refractivity contribution in [2.24, 2.45) is 0 Å². The van der Waals surface area contributed by atoms with Crippen molar-refractivity contribution < 1.29 is 23.5 Å². The van der Waals surface area contributed by atoms with Crippen LogP contribution in [0.5, 0.6) is 0 Å². The fraction of sp³-hybridized carbons (Fsp3) is 0.286. The molecule has 0 radical (unpaired) electrons. The molecular formula is C21H17ClFNO4S. The highest BCUT2D eigenvalue weighted by Crippen LogP contribution is 2.38. The Morgan fingerprint density at radius 1 is 1.17 bits per heavy atom. The van der Waals surface area contributed by atoms with Crippen LogP contribution in [0.3, 0.4) is 0 Å². The van der Waals surface area contributed by atoms with E-state index in [1.807, 2.05) is 17.5 Å². The molecule has 1 aromatic heterocycles. The van der Waals surface area contributed by atoms with Gasteiger partial charge in [-0.2, -0.15) is 0 Å². The van der Waals surface area contributed by atoms with Crippen molar-refractivity contribution in [2.45, 2.75) is 32.1 Å². The molecule has 8 heteroatoms. The van der Waals surface area contributed by atoms with Crippen LogP contribution >= 0.6 is 22.9 Å². The molecule has 2 heterocycles. The molecule has 0 bridgehead atoms. The van der Waals surface area contributed by atoms with Crippen LogP contribution in [0.1, 0.15) is 40.9 Å². The van der Waals surface area contributed by atoms with E-state index in [1.165, 1.54) is 0 Å². The maximum atomic E-state index is 14.6. The number of carbonyl (C=O) groups excluding carboxylic acids is 3. The van der Waals surface area contributed by atoms with Gasteiger partial charge in [0.2, 0.25) is 0 Å². The van der Waals surface area contributed by atoms with Gasteiger partial charge in [-0.3, -0.25) is 9.59 Å². The van der Waals surface area contributed by atoms with Crippen LogP contribution in [0.2, 0.25) is 5.02 Å². The third-order valence-corrected chi connectivity index (χ3v) is 6.30. The second-order valence-electron chi connectivity index (χ2n) is 6.86. The summed E-state index contributed by atoms with van der Waals surface area (Å²) < 4.78 is 19.9. The largest absolute Gasteiger partial charge is 0.462 e. The molecule has 2 aliphatic rings. The van der Waals surface area contributed by atoms with Crippen LogP contribution < -0.4 is 4.90 Å². The summed E-state index contributed by atoms with van der Waals surface area (Å²) in [4.78, 5) is 39.7. The Balaban J connectivity index is 1.57. The van der Waals surface area contributed by atoms with Crippen molar-refractivity contribution in [1.29, 1.82) is 0 Å². The molecule has 0 fully saturated rings. The van der Waals surface area contributed by atoms with E-state index < -0.39 is 23.6 Å². The van der Waals surface area contributed by atoms with Gasteiger partial charge >= 0.3 is 5.97 Å². The van der Waals surface area contributed by atoms with Gasteiger partial charge in [-0.05, 0) is 49.3 Å². The molecule has 1 aliphatic heterocycles. The van der Waals surface area contributed by atoms with Crippen molar-refractivity contribution in [3.63, 3.8) is 0 Å². The van der Waals surface area contributed by atoms with Gasteiger partial charge in [0.15, 0.2) is 0 Å².